The lowest BCUT2D eigenvalue weighted by molar-refractivity contribution is 0.587. The van der Waals surface area contributed by atoms with Crippen LogP contribution in [0.3, 0.4) is 0 Å². The minimum atomic E-state index is -4.04. The van der Waals surface area contributed by atoms with Gasteiger partial charge in [-0.2, -0.15) is 4.52 Å². The van der Waals surface area contributed by atoms with Crippen LogP contribution in [0.4, 0.5) is 10.2 Å². The average Bonchev–Trinajstić information content (AvgIpc) is 3.20. The molecule has 3 heterocycles. The summed E-state index contributed by atoms with van der Waals surface area (Å²) in [6.07, 6.45) is 0. The van der Waals surface area contributed by atoms with Gasteiger partial charge in [0.1, 0.15) is 11.6 Å². The van der Waals surface area contributed by atoms with Crippen molar-refractivity contribution in [2.75, 3.05) is 12.4 Å². The number of sulfone groups is 1. The molecule has 0 aliphatic carbocycles. The average molecular weight is 363 g/mol. The van der Waals surface area contributed by atoms with Gasteiger partial charge >= 0.3 is 0 Å². The number of thiophene rings is 1. The highest BCUT2D eigenvalue weighted by molar-refractivity contribution is 7.91. The third kappa shape index (κ3) is 2.07. The van der Waals surface area contributed by atoms with E-state index < -0.39 is 15.7 Å². The molecule has 0 bridgehead atoms. The number of fused-ring (bicyclic) bond motifs is 3. The predicted octanol–water partition coefficient (Wildman–Crippen LogP) is 2.35. The standard InChI is InChI=1S/C14H10FN5O2S2/c1-16-12-11-10(5-6-23-11)20-13(17-12)14(18-19-20)24(21,22)9-4-2-3-8(15)7-9/h2-7H,1H3,(H,16,17). The Morgan fingerprint density at radius 2 is 2.12 bits per heavy atom. The summed E-state index contributed by atoms with van der Waals surface area (Å²) in [6.45, 7) is 0. The maximum Gasteiger partial charge on any atom is 0.229 e. The largest absolute Gasteiger partial charge is 0.372 e. The molecule has 0 saturated heterocycles. The van der Waals surface area contributed by atoms with Crippen molar-refractivity contribution in [1.82, 2.24) is 19.8 Å². The molecule has 4 rings (SSSR count). The summed E-state index contributed by atoms with van der Waals surface area (Å²) in [4.78, 5) is 4.14. The van der Waals surface area contributed by atoms with Crippen molar-refractivity contribution in [3.8, 4) is 0 Å². The third-order valence-electron chi connectivity index (χ3n) is 3.52. The van der Waals surface area contributed by atoms with E-state index in [9.17, 15) is 12.8 Å². The quantitative estimate of drug-likeness (QED) is 0.601. The lowest BCUT2D eigenvalue weighted by Crippen LogP contribution is -2.05. The van der Waals surface area contributed by atoms with E-state index in [1.54, 1.807) is 7.05 Å². The molecular formula is C14H10FN5O2S2. The van der Waals surface area contributed by atoms with Gasteiger partial charge in [-0.25, -0.2) is 17.8 Å². The van der Waals surface area contributed by atoms with E-state index in [4.69, 9.17) is 0 Å². The number of benzene rings is 1. The van der Waals surface area contributed by atoms with Crippen molar-refractivity contribution in [3.05, 3.63) is 41.5 Å². The first kappa shape index (κ1) is 15.0. The lowest BCUT2D eigenvalue weighted by Gasteiger charge is -2.04. The summed E-state index contributed by atoms with van der Waals surface area (Å²) < 4.78 is 41.2. The fourth-order valence-electron chi connectivity index (χ4n) is 2.41. The number of hydrogen-bond acceptors (Lipinski definition) is 7. The van der Waals surface area contributed by atoms with Crippen LogP contribution in [0.25, 0.3) is 15.9 Å². The first-order valence-electron chi connectivity index (χ1n) is 6.83. The SMILES string of the molecule is CNc1nc2c(S(=O)(=O)c3cccc(F)c3)nnn2c2ccsc12. The number of nitrogens with one attached hydrogen (secondary N) is 1. The normalized spacial score (nSPS) is 12.1. The molecule has 0 radical (unpaired) electrons. The molecule has 1 N–H and O–H groups in total. The van der Waals surface area contributed by atoms with Crippen molar-refractivity contribution in [3.63, 3.8) is 0 Å². The predicted molar refractivity (Wildman–Crippen MR) is 87.6 cm³/mol. The van der Waals surface area contributed by atoms with Gasteiger partial charge in [-0.3, -0.25) is 0 Å². The van der Waals surface area contributed by atoms with E-state index in [2.05, 4.69) is 20.6 Å². The summed E-state index contributed by atoms with van der Waals surface area (Å²) in [5.74, 6) is -0.109. The smallest absolute Gasteiger partial charge is 0.229 e. The van der Waals surface area contributed by atoms with Gasteiger partial charge in [0, 0.05) is 7.05 Å². The second-order valence-corrected chi connectivity index (χ2v) is 7.72. The fraction of sp³-hybridized carbons (Fsp3) is 0.0714. The highest BCUT2D eigenvalue weighted by atomic mass is 32.2. The molecule has 0 aliphatic heterocycles. The molecule has 0 amide bonds. The van der Waals surface area contributed by atoms with Crippen molar-refractivity contribution in [1.29, 1.82) is 0 Å². The molecule has 4 aromatic rings. The van der Waals surface area contributed by atoms with Gasteiger partial charge in [0.2, 0.25) is 14.9 Å². The molecule has 0 fully saturated rings. The summed E-state index contributed by atoms with van der Waals surface area (Å²) >= 11 is 1.46. The number of hydrogen-bond donors (Lipinski definition) is 1. The van der Waals surface area contributed by atoms with Crippen LogP contribution in [-0.4, -0.2) is 35.3 Å². The zero-order chi connectivity index (χ0) is 16.9. The zero-order valence-electron chi connectivity index (χ0n) is 12.3. The minimum absolute atomic E-state index is 0.0921. The first-order valence-corrected chi connectivity index (χ1v) is 9.19. The minimum Gasteiger partial charge on any atom is -0.372 e. The Labute approximate surface area is 139 Å². The zero-order valence-corrected chi connectivity index (χ0v) is 13.9. The van der Waals surface area contributed by atoms with Gasteiger partial charge in [-0.15, -0.1) is 16.4 Å². The van der Waals surface area contributed by atoms with Crippen LogP contribution >= 0.6 is 11.3 Å². The molecule has 0 saturated carbocycles. The van der Waals surface area contributed by atoms with Crippen LogP contribution in [-0.2, 0) is 9.84 Å². The summed E-state index contributed by atoms with van der Waals surface area (Å²) in [6, 6.07) is 6.57. The van der Waals surface area contributed by atoms with E-state index in [0.717, 1.165) is 10.8 Å². The van der Waals surface area contributed by atoms with Gasteiger partial charge in [-0.1, -0.05) is 11.3 Å². The molecule has 122 valence electrons. The Balaban J connectivity index is 2.04. The van der Waals surface area contributed by atoms with Crippen LogP contribution in [0.15, 0.2) is 45.6 Å². The molecule has 0 aliphatic rings. The first-order chi connectivity index (χ1) is 11.5. The second kappa shape index (κ2) is 5.21. The maximum atomic E-state index is 13.4. The van der Waals surface area contributed by atoms with Gasteiger partial charge in [0.25, 0.3) is 0 Å². The Hall–Kier alpha value is -2.59. The Kier molecular flexibility index (Phi) is 3.25. The number of nitrogens with zero attached hydrogens (tertiary/aromatic N) is 4. The molecule has 7 nitrogen and oxygen atoms in total. The van der Waals surface area contributed by atoms with Gasteiger partial charge in [0.15, 0.2) is 5.65 Å². The molecule has 1 aromatic carbocycles. The number of halogens is 1. The molecule has 0 unspecified atom stereocenters. The highest BCUT2D eigenvalue weighted by Crippen LogP contribution is 2.30. The van der Waals surface area contributed by atoms with E-state index in [-0.39, 0.29) is 15.6 Å². The molecule has 0 atom stereocenters. The third-order valence-corrected chi connectivity index (χ3v) is 6.08. The van der Waals surface area contributed by atoms with Crippen LogP contribution in [0.2, 0.25) is 0 Å². The topological polar surface area (TPSA) is 89.2 Å². The van der Waals surface area contributed by atoms with Gasteiger partial charge in [0.05, 0.1) is 15.1 Å². The second-order valence-electron chi connectivity index (χ2n) is 4.94. The van der Waals surface area contributed by atoms with E-state index in [0.29, 0.717) is 11.3 Å². The summed E-state index contributed by atoms with van der Waals surface area (Å²) in [5, 5.41) is 12.2. The van der Waals surface area contributed by atoms with E-state index >= 15 is 0 Å². The Morgan fingerprint density at radius 1 is 1.29 bits per heavy atom. The van der Waals surface area contributed by atoms with Crippen molar-refractivity contribution in [2.45, 2.75) is 9.92 Å². The molecule has 10 heteroatoms. The molecule has 0 spiro atoms. The summed E-state index contributed by atoms with van der Waals surface area (Å²) in [5.41, 5.74) is 0.789. The Bertz CT molecular complexity index is 1180. The van der Waals surface area contributed by atoms with Crippen LogP contribution in [0.5, 0.6) is 0 Å². The van der Waals surface area contributed by atoms with E-state index in [1.165, 1.54) is 34.1 Å². The lowest BCUT2D eigenvalue weighted by atomic mass is 10.4. The molecule has 24 heavy (non-hydrogen) atoms. The molecular weight excluding hydrogens is 353 g/mol. The number of aromatic nitrogens is 4. The van der Waals surface area contributed by atoms with Crippen molar-refractivity contribution >= 4 is 42.9 Å². The number of rotatable bonds is 3. The Morgan fingerprint density at radius 3 is 2.88 bits per heavy atom. The van der Waals surface area contributed by atoms with Crippen LogP contribution in [0, 0.1) is 5.82 Å². The van der Waals surface area contributed by atoms with E-state index in [1.807, 2.05) is 11.4 Å². The monoisotopic (exact) mass is 363 g/mol. The maximum absolute atomic E-state index is 13.4. The highest BCUT2D eigenvalue weighted by Gasteiger charge is 2.27. The summed E-state index contributed by atoms with van der Waals surface area (Å²) in [7, 11) is -2.35. The molecule has 3 aromatic heterocycles. The van der Waals surface area contributed by atoms with Crippen LogP contribution < -0.4 is 5.32 Å². The van der Waals surface area contributed by atoms with Gasteiger partial charge < -0.3 is 5.32 Å². The van der Waals surface area contributed by atoms with Crippen LogP contribution in [0.1, 0.15) is 0 Å². The van der Waals surface area contributed by atoms with Crippen molar-refractivity contribution in [2.24, 2.45) is 0 Å². The fourth-order valence-corrected chi connectivity index (χ4v) is 4.55. The van der Waals surface area contributed by atoms with Crippen molar-refractivity contribution < 1.29 is 12.8 Å². The number of anilines is 1. The van der Waals surface area contributed by atoms with Gasteiger partial charge in [-0.05, 0) is 29.6 Å².